The van der Waals surface area contributed by atoms with Crippen molar-refractivity contribution in [3.8, 4) is 0 Å². The van der Waals surface area contributed by atoms with Crippen LogP contribution in [0.4, 0.5) is 0 Å². The van der Waals surface area contributed by atoms with Gasteiger partial charge in [0, 0.05) is 17.9 Å². The van der Waals surface area contributed by atoms with Crippen LogP contribution in [0.25, 0.3) is 0 Å². The van der Waals surface area contributed by atoms with Crippen molar-refractivity contribution in [2.75, 3.05) is 7.05 Å². The van der Waals surface area contributed by atoms with E-state index in [1.807, 2.05) is 26.2 Å². The summed E-state index contributed by atoms with van der Waals surface area (Å²) in [5, 5.41) is 3.32. The van der Waals surface area contributed by atoms with Gasteiger partial charge in [0.15, 0.2) is 0 Å². The van der Waals surface area contributed by atoms with Crippen LogP contribution in [0.3, 0.4) is 0 Å². The number of nitrogens with one attached hydrogen (secondary N) is 1. The highest BCUT2D eigenvalue weighted by molar-refractivity contribution is 5.17. The van der Waals surface area contributed by atoms with Crippen LogP contribution >= 0.6 is 0 Å². The van der Waals surface area contributed by atoms with Crippen LogP contribution in [0.15, 0.2) is 31.0 Å². The van der Waals surface area contributed by atoms with Gasteiger partial charge in [0.05, 0.1) is 0 Å². The van der Waals surface area contributed by atoms with Crippen molar-refractivity contribution >= 4 is 0 Å². The van der Waals surface area contributed by atoms with Gasteiger partial charge >= 0.3 is 0 Å². The number of rotatable bonds is 6. The van der Waals surface area contributed by atoms with Gasteiger partial charge in [-0.1, -0.05) is 12.1 Å². The summed E-state index contributed by atoms with van der Waals surface area (Å²) in [7, 11) is 2.00. The number of aromatic nitrogens is 1. The van der Waals surface area contributed by atoms with E-state index in [4.69, 9.17) is 0 Å². The number of unbranched alkanes of at least 4 members (excludes halogenated alkanes) is 1. The van der Waals surface area contributed by atoms with Crippen molar-refractivity contribution in [2.24, 2.45) is 0 Å². The minimum Gasteiger partial charge on any atom is -0.313 e. The van der Waals surface area contributed by atoms with E-state index in [9.17, 15) is 0 Å². The van der Waals surface area contributed by atoms with Gasteiger partial charge in [0.2, 0.25) is 0 Å². The minimum absolute atomic E-state index is 0.415. The lowest BCUT2D eigenvalue weighted by Gasteiger charge is -2.15. The molecule has 82 valence electrons. The van der Waals surface area contributed by atoms with Crippen LogP contribution < -0.4 is 5.32 Å². The fourth-order valence-corrected chi connectivity index (χ4v) is 1.63. The first kappa shape index (κ1) is 11.9. The standard InChI is InChI=1S/C13H20N2/c1-4-5-6-7-13(14-3)12-9-8-11(2)15-10-12/h4,8-10,13-14H,1,5-7H2,2-3H3. The van der Waals surface area contributed by atoms with Crippen LogP contribution in [-0.4, -0.2) is 12.0 Å². The summed E-state index contributed by atoms with van der Waals surface area (Å²) in [5.74, 6) is 0. The van der Waals surface area contributed by atoms with Crippen molar-refractivity contribution in [3.05, 3.63) is 42.2 Å². The zero-order chi connectivity index (χ0) is 11.1. The molecule has 0 bridgehead atoms. The number of pyridine rings is 1. The summed E-state index contributed by atoms with van der Waals surface area (Å²) in [6, 6.07) is 4.63. The zero-order valence-electron chi connectivity index (χ0n) is 9.66. The first-order chi connectivity index (χ1) is 7.27. The molecule has 1 atom stereocenters. The Kier molecular flexibility index (Phi) is 5.05. The van der Waals surface area contributed by atoms with Crippen LogP contribution in [-0.2, 0) is 0 Å². The van der Waals surface area contributed by atoms with E-state index in [1.54, 1.807) is 0 Å². The molecular weight excluding hydrogens is 184 g/mol. The molecule has 0 aliphatic carbocycles. The molecule has 1 unspecified atom stereocenters. The lowest BCUT2D eigenvalue weighted by atomic mass is 10.0. The Morgan fingerprint density at radius 2 is 2.33 bits per heavy atom. The second-order valence-corrected chi connectivity index (χ2v) is 3.79. The Balaban J connectivity index is 2.57. The fourth-order valence-electron chi connectivity index (χ4n) is 1.63. The number of hydrogen-bond acceptors (Lipinski definition) is 2. The molecule has 1 N–H and O–H groups in total. The quantitative estimate of drug-likeness (QED) is 0.569. The number of allylic oxidation sites excluding steroid dienone is 1. The summed E-state index contributed by atoms with van der Waals surface area (Å²) in [5.41, 5.74) is 2.34. The predicted octanol–water partition coefficient (Wildman–Crippen LogP) is 3.01. The SMILES string of the molecule is C=CCCCC(NC)c1ccc(C)nc1. The van der Waals surface area contributed by atoms with Crippen LogP contribution in [0.1, 0.15) is 36.6 Å². The molecule has 2 nitrogen and oxygen atoms in total. The van der Waals surface area contributed by atoms with E-state index in [0.717, 1.165) is 18.5 Å². The van der Waals surface area contributed by atoms with Crippen LogP contribution in [0.5, 0.6) is 0 Å². The van der Waals surface area contributed by atoms with E-state index in [-0.39, 0.29) is 0 Å². The normalized spacial score (nSPS) is 12.4. The molecule has 15 heavy (non-hydrogen) atoms. The first-order valence-corrected chi connectivity index (χ1v) is 5.48. The molecule has 0 aliphatic rings. The predicted molar refractivity (Wildman–Crippen MR) is 64.8 cm³/mol. The maximum atomic E-state index is 4.32. The first-order valence-electron chi connectivity index (χ1n) is 5.48. The molecule has 0 saturated carbocycles. The maximum Gasteiger partial charge on any atom is 0.0372 e. The highest BCUT2D eigenvalue weighted by Crippen LogP contribution is 2.18. The molecule has 1 heterocycles. The molecule has 0 radical (unpaired) electrons. The molecule has 1 rings (SSSR count). The molecule has 1 aromatic heterocycles. The molecule has 0 fully saturated rings. The molecule has 0 amide bonds. The van der Waals surface area contributed by atoms with E-state index in [1.165, 1.54) is 12.0 Å². The number of aryl methyl sites for hydroxylation is 1. The maximum absolute atomic E-state index is 4.32. The highest BCUT2D eigenvalue weighted by atomic mass is 14.9. The van der Waals surface area contributed by atoms with E-state index in [2.05, 4.69) is 29.0 Å². The van der Waals surface area contributed by atoms with Gasteiger partial charge in [-0.25, -0.2) is 0 Å². The number of nitrogens with zero attached hydrogens (tertiary/aromatic N) is 1. The Morgan fingerprint density at radius 3 is 2.87 bits per heavy atom. The summed E-state index contributed by atoms with van der Waals surface area (Å²) >= 11 is 0. The van der Waals surface area contributed by atoms with Gasteiger partial charge in [-0.2, -0.15) is 0 Å². The average Bonchev–Trinajstić information content (AvgIpc) is 2.26. The zero-order valence-corrected chi connectivity index (χ0v) is 9.66. The summed E-state index contributed by atoms with van der Waals surface area (Å²) in [4.78, 5) is 4.32. The van der Waals surface area contributed by atoms with Gasteiger partial charge in [0.1, 0.15) is 0 Å². The molecule has 1 aromatic rings. The Morgan fingerprint density at radius 1 is 1.53 bits per heavy atom. The second kappa shape index (κ2) is 6.36. The van der Waals surface area contributed by atoms with Gasteiger partial charge in [-0.05, 0) is 44.9 Å². The van der Waals surface area contributed by atoms with Crippen LogP contribution in [0, 0.1) is 6.92 Å². The molecule has 0 saturated heterocycles. The van der Waals surface area contributed by atoms with Gasteiger partial charge in [-0.15, -0.1) is 6.58 Å². The third kappa shape index (κ3) is 3.84. The molecule has 0 aromatic carbocycles. The second-order valence-electron chi connectivity index (χ2n) is 3.79. The van der Waals surface area contributed by atoms with Gasteiger partial charge in [-0.3, -0.25) is 4.98 Å². The Hall–Kier alpha value is -1.15. The van der Waals surface area contributed by atoms with Crippen molar-refractivity contribution in [1.29, 1.82) is 0 Å². The van der Waals surface area contributed by atoms with Crippen molar-refractivity contribution in [3.63, 3.8) is 0 Å². The lowest BCUT2D eigenvalue weighted by molar-refractivity contribution is 0.528. The van der Waals surface area contributed by atoms with Crippen molar-refractivity contribution in [1.82, 2.24) is 10.3 Å². The fraction of sp³-hybridized carbons (Fsp3) is 0.462. The van der Waals surface area contributed by atoms with Gasteiger partial charge in [0.25, 0.3) is 0 Å². The van der Waals surface area contributed by atoms with Crippen molar-refractivity contribution in [2.45, 2.75) is 32.2 Å². The van der Waals surface area contributed by atoms with Crippen LogP contribution in [0.2, 0.25) is 0 Å². The monoisotopic (exact) mass is 204 g/mol. The highest BCUT2D eigenvalue weighted by Gasteiger charge is 2.07. The van der Waals surface area contributed by atoms with E-state index in [0.29, 0.717) is 6.04 Å². The summed E-state index contributed by atoms with van der Waals surface area (Å²) in [6.07, 6.45) is 7.32. The number of hydrogen-bond donors (Lipinski definition) is 1. The van der Waals surface area contributed by atoms with Crippen molar-refractivity contribution < 1.29 is 0 Å². The summed E-state index contributed by atoms with van der Waals surface area (Å²) < 4.78 is 0. The van der Waals surface area contributed by atoms with E-state index >= 15 is 0 Å². The third-order valence-corrected chi connectivity index (χ3v) is 2.59. The largest absolute Gasteiger partial charge is 0.313 e. The third-order valence-electron chi connectivity index (χ3n) is 2.59. The van der Waals surface area contributed by atoms with E-state index < -0.39 is 0 Å². The average molecular weight is 204 g/mol. The Bertz CT molecular complexity index is 290. The smallest absolute Gasteiger partial charge is 0.0372 e. The minimum atomic E-state index is 0.415. The molecular formula is C13H20N2. The Labute approximate surface area is 92.4 Å². The lowest BCUT2D eigenvalue weighted by Crippen LogP contribution is -2.16. The topological polar surface area (TPSA) is 24.9 Å². The molecule has 2 heteroatoms. The summed E-state index contributed by atoms with van der Waals surface area (Å²) in [6.45, 7) is 5.74. The molecule has 0 spiro atoms. The molecule has 0 aliphatic heterocycles. The van der Waals surface area contributed by atoms with Gasteiger partial charge < -0.3 is 5.32 Å².